The van der Waals surface area contributed by atoms with Crippen molar-refractivity contribution in [3.63, 3.8) is 0 Å². The molecule has 0 aromatic heterocycles. The number of hydrogen-bond donors (Lipinski definition) is 1. The van der Waals surface area contributed by atoms with Crippen molar-refractivity contribution in [1.29, 1.82) is 0 Å². The second kappa shape index (κ2) is 5.60. The summed E-state index contributed by atoms with van der Waals surface area (Å²) in [6.45, 7) is 4.51. The van der Waals surface area contributed by atoms with Gasteiger partial charge in [-0.15, -0.1) is 0 Å². The molecule has 2 atom stereocenters. The first kappa shape index (κ1) is 13.9. The van der Waals surface area contributed by atoms with E-state index in [0.717, 1.165) is 12.8 Å². The Kier molecular flexibility index (Phi) is 4.31. The number of rotatable bonds is 3. The summed E-state index contributed by atoms with van der Waals surface area (Å²) >= 11 is 0. The molecule has 18 heavy (non-hydrogen) atoms. The fourth-order valence-corrected chi connectivity index (χ4v) is 4.13. The molecule has 2 rings (SSSR count). The fraction of sp³-hybridized carbons (Fsp3) is 0.933. The second-order valence-corrected chi connectivity index (χ2v) is 6.55. The Bertz CT molecular complexity index is 287. The smallest absolute Gasteiger partial charge is 0.326 e. The first-order valence-electron chi connectivity index (χ1n) is 7.42. The number of hydrogen-bond acceptors (Lipinski definition) is 3. The van der Waals surface area contributed by atoms with Gasteiger partial charge in [0.2, 0.25) is 0 Å². The molecule has 0 amide bonds. The third-order valence-corrected chi connectivity index (χ3v) is 4.61. The highest BCUT2D eigenvalue weighted by molar-refractivity contribution is 5.81. The van der Waals surface area contributed by atoms with Crippen LogP contribution in [0.25, 0.3) is 0 Å². The van der Waals surface area contributed by atoms with Gasteiger partial charge in [0, 0.05) is 6.04 Å². The third-order valence-electron chi connectivity index (χ3n) is 4.61. The molecular weight excluding hydrogens is 226 g/mol. The van der Waals surface area contributed by atoms with E-state index < -0.39 is 5.54 Å². The van der Waals surface area contributed by atoms with Crippen LogP contribution in [0, 0.1) is 11.8 Å². The molecule has 0 radical (unpaired) electrons. The van der Waals surface area contributed by atoms with E-state index in [1.165, 1.54) is 39.2 Å². The third kappa shape index (κ3) is 2.87. The van der Waals surface area contributed by atoms with Gasteiger partial charge in [-0.2, -0.15) is 0 Å². The Hall–Kier alpha value is -0.570. The molecule has 2 saturated carbocycles. The van der Waals surface area contributed by atoms with E-state index in [0.29, 0.717) is 17.9 Å². The van der Waals surface area contributed by atoms with E-state index in [4.69, 9.17) is 4.74 Å². The van der Waals surface area contributed by atoms with Crippen molar-refractivity contribution in [1.82, 2.24) is 5.32 Å². The van der Waals surface area contributed by atoms with Gasteiger partial charge in [-0.1, -0.05) is 26.7 Å². The summed E-state index contributed by atoms with van der Waals surface area (Å²) in [5, 5.41) is 3.67. The lowest BCUT2D eigenvalue weighted by Gasteiger charge is -2.42. The molecule has 2 aliphatic carbocycles. The van der Waals surface area contributed by atoms with E-state index in [9.17, 15) is 4.79 Å². The topological polar surface area (TPSA) is 38.3 Å². The Balaban J connectivity index is 2.13. The second-order valence-electron chi connectivity index (χ2n) is 6.55. The molecule has 1 N–H and O–H groups in total. The zero-order valence-corrected chi connectivity index (χ0v) is 12.0. The molecule has 0 heterocycles. The summed E-state index contributed by atoms with van der Waals surface area (Å²) in [7, 11) is 1.52. The largest absolute Gasteiger partial charge is 0.468 e. The quantitative estimate of drug-likeness (QED) is 0.786. The first-order valence-corrected chi connectivity index (χ1v) is 7.42. The molecule has 3 nitrogen and oxygen atoms in total. The van der Waals surface area contributed by atoms with Gasteiger partial charge in [-0.05, 0) is 43.9 Å². The molecule has 0 aliphatic heterocycles. The summed E-state index contributed by atoms with van der Waals surface area (Å²) in [5.41, 5.74) is -0.416. The maximum Gasteiger partial charge on any atom is 0.326 e. The van der Waals surface area contributed by atoms with E-state index in [-0.39, 0.29) is 5.97 Å². The van der Waals surface area contributed by atoms with Crippen molar-refractivity contribution in [2.24, 2.45) is 11.8 Å². The number of carbonyl (C=O) groups excluding carboxylic acids is 1. The summed E-state index contributed by atoms with van der Waals surface area (Å²) in [6, 6.07) is 0.515. The summed E-state index contributed by atoms with van der Waals surface area (Å²) in [6.07, 6.45) is 8.09. The molecule has 3 heteroatoms. The molecule has 104 valence electrons. The van der Waals surface area contributed by atoms with E-state index in [2.05, 4.69) is 19.2 Å². The van der Waals surface area contributed by atoms with E-state index in [1.54, 1.807) is 0 Å². The van der Waals surface area contributed by atoms with Crippen LogP contribution in [0.4, 0.5) is 0 Å². The van der Waals surface area contributed by atoms with Crippen LogP contribution in [-0.4, -0.2) is 24.7 Å². The van der Waals surface area contributed by atoms with Gasteiger partial charge in [0.05, 0.1) is 7.11 Å². The SMILES string of the molecule is COC(=O)C1(NC2CCCC2)CC(C)CC(C)C1. The van der Waals surface area contributed by atoms with Crippen LogP contribution < -0.4 is 5.32 Å². The van der Waals surface area contributed by atoms with Gasteiger partial charge >= 0.3 is 5.97 Å². The van der Waals surface area contributed by atoms with Gasteiger partial charge in [0.1, 0.15) is 5.54 Å². The Labute approximate surface area is 111 Å². The number of ether oxygens (including phenoxy) is 1. The van der Waals surface area contributed by atoms with Crippen LogP contribution in [0.3, 0.4) is 0 Å². The lowest BCUT2D eigenvalue weighted by atomic mass is 9.71. The molecule has 0 spiro atoms. The zero-order chi connectivity index (χ0) is 13.2. The molecule has 2 unspecified atom stereocenters. The molecule has 0 saturated heterocycles. The number of methoxy groups -OCH3 is 1. The van der Waals surface area contributed by atoms with E-state index >= 15 is 0 Å². The normalized spacial score (nSPS) is 37.7. The minimum atomic E-state index is -0.416. The predicted octanol–water partition coefficient (Wildman–Crippen LogP) is 2.89. The molecule has 0 bridgehead atoms. The minimum Gasteiger partial charge on any atom is -0.468 e. The summed E-state index contributed by atoms with van der Waals surface area (Å²) in [5.74, 6) is 1.15. The number of nitrogens with one attached hydrogen (secondary N) is 1. The highest BCUT2D eigenvalue weighted by atomic mass is 16.5. The predicted molar refractivity (Wildman–Crippen MR) is 72.3 cm³/mol. The monoisotopic (exact) mass is 253 g/mol. The maximum absolute atomic E-state index is 12.3. The van der Waals surface area contributed by atoms with Crippen molar-refractivity contribution in [2.45, 2.75) is 70.4 Å². The highest BCUT2D eigenvalue weighted by Crippen LogP contribution is 2.38. The summed E-state index contributed by atoms with van der Waals surface area (Å²) in [4.78, 5) is 12.3. The molecule has 2 fully saturated rings. The van der Waals surface area contributed by atoms with Crippen LogP contribution >= 0.6 is 0 Å². The van der Waals surface area contributed by atoms with Gasteiger partial charge in [-0.25, -0.2) is 0 Å². The Morgan fingerprint density at radius 1 is 1.17 bits per heavy atom. The average Bonchev–Trinajstić information content (AvgIpc) is 2.79. The van der Waals surface area contributed by atoms with Crippen molar-refractivity contribution < 1.29 is 9.53 Å². The van der Waals surface area contributed by atoms with Gasteiger partial charge in [0.25, 0.3) is 0 Å². The van der Waals surface area contributed by atoms with Gasteiger partial charge in [-0.3, -0.25) is 10.1 Å². The van der Waals surface area contributed by atoms with Gasteiger partial charge in [0.15, 0.2) is 0 Å². The number of esters is 1. The fourth-order valence-electron chi connectivity index (χ4n) is 4.13. The minimum absolute atomic E-state index is 0.0483. The van der Waals surface area contributed by atoms with Crippen molar-refractivity contribution in [3.05, 3.63) is 0 Å². The standard InChI is InChI=1S/C15H27NO2/c1-11-8-12(2)10-15(9-11,14(17)18-3)16-13-6-4-5-7-13/h11-13,16H,4-10H2,1-3H3. The van der Waals surface area contributed by atoms with Crippen molar-refractivity contribution >= 4 is 5.97 Å². The van der Waals surface area contributed by atoms with Crippen molar-refractivity contribution in [3.8, 4) is 0 Å². The van der Waals surface area contributed by atoms with Gasteiger partial charge < -0.3 is 4.74 Å². The average molecular weight is 253 g/mol. The molecular formula is C15H27NO2. The van der Waals surface area contributed by atoms with Crippen LogP contribution in [0.1, 0.15) is 58.8 Å². The van der Waals surface area contributed by atoms with E-state index in [1.807, 2.05) is 0 Å². The lowest BCUT2D eigenvalue weighted by molar-refractivity contribution is -0.152. The first-order chi connectivity index (χ1) is 8.55. The maximum atomic E-state index is 12.3. The van der Waals surface area contributed by atoms with Crippen LogP contribution in [0.15, 0.2) is 0 Å². The van der Waals surface area contributed by atoms with Crippen LogP contribution in [0.2, 0.25) is 0 Å². The molecule has 0 aromatic carbocycles. The number of carbonyl (C=O) groups is 1. The molecule has 2 aliphatic rings. The lowest BCUT2D eigenvalue weighted by Crippen LogP contribution is -2.59. The van der Waals surface area contributed by atoms with Crippen LogP contribution in [0.5, 0.6) is 0 Å². The Morgan fingerprint density at radius 3 is 2.22 bits per heavy atom. The Morgan fingerprint density at radius 2 is 1.72 bits per heavy atom. The van der Waals surface area contributed by atoms with Crippen molar-refractivity contribution in [2.75, 3.05) is 7.11 Å². The highest BCUT2D eigenvalue weighted by Gasteiger charge is 2.46. The zero-order valence-electron chi connectivity index (χ0n) is 12.0. The van der Waals surface area contributed by atoms with Crippen LogP contribution in [-0.2, 0) is 9.53 Å². The summed E-state index contributed by atoms with van der Waals surface area (Å²) < 4.78 is 5.10. The molecule has 0 aromatic rings.